The molecule has 63 valence electrons. The van der Waals surface area contributed by atoms with Crippen LogP contribution in [-0.2, 0) is 0 Å². The van der Waals surface area contributed by atoms with Gasteiger partial charge in [-0.2, -0.15) is 0 Å². The van der Waals surface area contributed by atoms with Gasteiger partial charge in [0, 0.05) is 5.02 Å². The normalized spacial score (nSPS) is 11.8. The molecule has 0 saturated carbocycles. The van der Waals surface area contributed by atoms with Crippen molar-refractivity contribution in [2.24, 2.45) is 0 Å². The SMILES string of the molecule is [CH2]C/C=C(/C)c1ccc(Cl)cc1. The molecule has 0 aliphatic rings. The first kappa shape index (κ1) is 9.34. The van der Waals surface area contributed by atoms with E-state index in [4.69, 9.17) is 11.6 Å². The van der Waals surface area contributed by atoms with Crippen molar-refractivity contribution in [3.8, 4) is 0 Å². The van der Waals surface area contributed by atoms with E-state index in [-0.39, 0.29) is 0 Å². The molecule has 0 saturated heterocycles. The molecule has 0 bridgehead atoms. The zero-order valence-electron chi connectivity index (χ0n) is 7.18. The molecule has 12 heavy (non-hydrogen) atoms. The van der Waals surface area contributed by atoms with E-state index in [0.717, 1.165) is 11.4 Å². The summed E-state index contributed by atoms with van der Waals surface area (Å²) in [5.74, 6) is 0. The first-order chi connectivity index (χ1) is 5.74. The lowest BCUT2D eigenvalue weighted by atomic mass is 10.1. The lowest BCUT2D eigenvalue weighted by Crippen LogP contribution is -1.77. The average Bonchev–Trinajstić information content (AvgIpc) is 2.06. The Morgan fingerprint density at radius 3 is 2.50 bits per heavy atom. The molecule has 0 fully saturated rings. The lowest BCUT2D eigenvalue weighted by molar-refractivity contribution is 1.38. The zero-order valence-corrected chi connectivity index (χ0v) is 7.93. The van der Waals surface area contributed by atoms with Crippen molar-refractivity contribution in [2.45, 2.75) is 13.3 Å². The Hall–Kier alpha value is -0.750. The molecule has 0 N–H and O–H groups in total. The van der Waals surface area contributed by atoms with Crippen molar-refractivity contribution in [1.82, 2.24) is 0 Å². The zero-order chi connectivity index (χ0) is 8.97. The van der Waals surface area contributed by atoms with E-state index in [1.807, 2.05) is 24.3 Å². The minimum absolute atomic E-state index is 0.779. The third-order valence-corrected chi connectivity index (χ3v) is 2.00. The van der Waals surface area contributed by atoms with Crippen molar-refractivity contribution < 1.29 is 0 Å². The van der Waals surface area contributed by atoms with Gasteiger partial charge in [0.1, 0.15) is 0 Å². The highest BCUT2D eigenvalue weighted by molar-refractivity contribution is 6.30. The molecular formula is C11H12Cl. The topological polar surface area (TPSA) is 0 Å². The number of rotatable bonds is 2. The minimum Gasteiger partial charge on any atom is -0.0843 e. The van der Waals surface area contributed by atoms with Crippen molar-refractivity contribution >= 4 is 17.2 Å². The van der Waals surface area contributed by atoms with Crippen LogP contribution in [0.1, 0.15) is 18.9 Å². The predicted octanol–water partition coefficient (Wildman–Crippen LogP) is 3.97. The van der Waals surface area contributed by atoms with E-state index in [9.17, 15) is 0 Å². The highest BCUT2D eigenvalue weighted by Gasteiger charge is 1.93. The fourth-order valence-corrected chi connectivity index (χ4v) is 1.17. The molecule has 0 amide bonds. The molecule has 0 spiro atoms. The number of benzene rings is 1. The summed E-state index contributed by atoms with van der Waals surface area (Å²) < 4.78 is 0. The maximum Gasteiger partial charge on any atom is 0.0406 e. The van der Waals surface area contributed by atoms with Crippen molar-refractivity contribution in [2.75, 3.05) is 0 Å². The number of hydrogen-bond acceptors (Lipinski definition) is 0. The maximum atomic E-state index is 5.76. The monoisotopic (exact) mass is 179 g/mol. The Balaban J connectivity index is 2.89. The van der Waals surface area contributed by atoms with Gasteiger partial charge in [-0.3, -0.25) is 0 Å². The number of hydrogen-bond donors (Lipinski definition) is 0. The minimum atomic E-state index is 0.779. The summed E-state index contributed by atoms with van der Waals surface area (Å²) in [7, 11) is 0. The van der Waals surface area contributed by atoms with Crippen LogP contribution in [0.5, 0.6) is 0 Å². The first-order valence-corrected chi connectivity index (χ1v) is 4.34. The quantitative estimate of drug-likeness (QED) is 0.645. The van der Waals surface area contributed by atoms with Gasteiger partial charge in [-0.1, -0.05) is 29.8 Å². The van der Waals surface area contributed by atoms with Crippen LogP contribution < -0.4 is 0 Å². The van der Waals surface area contributed by atoms with Crippen molar-refractivity contribution in [3.05, 3.63) is 47.9 Å². The number of halogens is 1. The van der Waals surface area contributed by atoms with Gasteiger partial charge in [-0.15, -0.1) is 0 Å². The van der Waals surface area contributed by atoms with Crippen LogP contribution in [0.2, 0.25) is 5.02 Å². The second-order valence-corrected chi connectivity index (χ2v) is 3.12. The standard InChI is InChI=1S/C11H12Cl/c1-3-4-9(2)10-5-7-11(12)8-6-10/h4-8H,1,3H2,2H3/b9-4-. The van der Waals surface area contributed by atoms with Crippen LogP contribution in [0, 0.1) is 6.92 Å². The summed E-state index contributed by atoms with van der Waals surface area (Å²) in [6.07, 6.45) is 2.93. The third-order valence-electron chi connectivity index (χ3n) is 1.75. The summed E-state index contributed by atoms with van der Waals surface area (Å²) in [5, 5.41) is 0.779. The molecule has 1 heteroatoms. The summed E-state index contributed by atoms with van der Waals surface area (Å²) in [6.45, 7) is 5.84. The predicted molar refractivity (Wildman–Crippen MR) is 55.1 cm³/mol. The van der Waals surface area contributed by atoms with Crippen LogP contribution in [0.4, 0.5) is 0 Å². The van der Waals surface area contributed by atoms with Crippen LogP contribution in [-0.4, -0.2) is 0 Å². The van der Waals surface area contributed by atoms with Crippen molar-refractivity contribution in [3.63, 3.8) is 0 Å². The molecule has 0 heterocycles. The van der Waals surface area contributed by atoms with Crippen LogP contribution in [0.25, 0.3) is 5.57 Å². The summed E-state index contributed by atoms with van der Waals surface area (Å²) in [5.41, 5.74) is 2.46. The van der Waals surface area contributed by atoms with Gasteiger partial charge in [0.25, 0.3) is 0 Å². The van der Waals surface area contributed by atoms with Gasteiger partial charge >= 0.3 is 0 Å². The van der Waals surface area contributed by atoms with E-state index in [1.54, 1.807) is 0 Å². The Morgan fingerprint density at radius 1 is 1.42 bits per heavy atom. The second kappa shape index (κ2) is 4.32. The van der Waals surface area contributed by atoms with E-state index in [1.165, 1.54) is 11.1 Å². The molecule has 1 aromatic rings. The molecule has 0 nitrogen and oxygen atoms in total. The fraction of sp³-hybridized carbons (Fsp3) is 0.182. The number of allylic oxidation sites excluding steroid dienone is 2. The Labute approximate surface area is 78.9 Å². The van der Waals surface area contributed by atoms with Crippen LogP contribution in [0.3, 0.4) is 0 Å². The van der Waals surface area contributed by atoms with Crippen LogP contribution in [0.15, 0.2) is 30.3 Å². The maximum absolute atomic E-state index is 5.76. The third kappa shape index (κ3) is 2.38. The molecule has 0 aliphatic heterocycles. The van der Waals surface area contributed by atoms with E-state index < -0.39 is 0 Å². The Kier molecular flexibility index (Phi) is 3.36. The second-order valence-electron chi connectivity index (χ2n) is 2.68. The lowest BCUT2D eigenvalue weighted by Gasteiger charge is -2.00. The highest BCUT2D eigenvalue weighted by Crippen LogP contribution is 2.16. The molecule has 0 unspecified atom stereocenters. The van der Waals surface area contributed by atoms with E-state index in [0.29, 0.717) is 0 Å². The Morgan fingerprint density at radius 2 is 2.00 bits per heavy atom. The highest BCUT2D eigenvalue weighted by atomic mass is 35.5. The van der Waals surface area contributed by atoms with Crippen LogP contribution >= 0.6 is 11.6 Å². The smallest absolute Gasteiger partial charge is 0.0406 e. The molecule has 1 radical (unpaired) electrons. The van der Waals surface area contributed by atoms with E-state index in [2.05, 4.69) is 19.9 Å². The molecule has 0 atom stereocenters. The summed E-state index contributed by atoms with van der Waals surface area (Å²) in [4.78, 5) is 0. The van der Waals surface area contributed by atoms with E-state index >= 15 is 0 Å². The fourth-order valence-electron chi connectivity index (χ4n) is 1.05. The van der Waals surface area contributed by atoms with Gasteiger partial charge in [0.15, 0.2) is 0 Å². The molecule has 0 aliphatic carbocycles. The van der Waals surface area contributed by atoms with Gasteiger partial charge in [0.05, 0.1) is 0 Å². The van der Waals surface area contributed by atoms with Gasteiger partial charge in [-0.25, -0.2) is 0 Å². The molecular weight excluding hydrogens is 168 g/mol. The summed E-state index contributed by atoms with van der Waals surface area (Å²) in [6, 6.07) is 7.84. The summed E-state index contributed by atoms with van der Waals surface area (Å²) >= 11 is 5.76. The van der Waals surface area contributed by atoms with Gasteiger partial charge in [-0.05, 0) is 43.5 Å². The molecule has 1 aromatic carbocycles. The largest absolute Gasteiger partial charge is 0.0843 e. The van der Waals surface area contributed by atoms with Gasteiger partial charge in [0.2, 0.25) is 0 Å². The average molecular weight is 180 g/mol. The molecule has 0 aromatic heterocycles. The Bertz CT molecular complexity index is 270. The van der Waals surface area contributed by atoms with Gasteiger partial charge < -0.3 is 0 Å². The molecule has 1 rings (SSSR count). The van der Waals surface area contributed by atoms with Crippen molar-refractivity contribution in [1.29, 1.82) is 0 Å². The first-order valence-electron chi connectivity index (χ1n) is 3.96.